The highest BCUT2D eigenvalue weighted by Gasteiger charge is 2.30. The maximum Gasteiger partial charge on any atom is 0.225 e. The van der Waals surface area contributed by atoms with Crippen molar-refractivity contribution in [3.63, 3.8) is 0 Å². The monoisotopic (exact) mass is 489 g/mol. The number of carbonyl (C=O) groups is 1. The molecule has 3 heterocycles. The van der Waals surface area contributed by atoms with Crippen molar-refractivity contribution in [2.75, 3.05) is 31.5 Å². The van der Waals surface area contributed by atoms with E-state index in [0.717, 1.165) is 62.0 Å². The Morgan fingerprint density at radius 3 is 2.60 bits per heavy atom. The first kappa shape index (κ1) is 23.8. The van der Waals surface area contributed by atoms with Gasteiger partial charge >= 0.3 is 0 Å². The van der Waals surface area contributed by atoms with Gasteiger partial charge in [0.2, 0.25) is 11.9 Å². The Hall–Kier alpha value is -2.96. The molecule has 1 aromatic heterocycles. The van der Waals surface area contributed by atoms with Crippen LogP contribution >= 0.6 is 11.6 Å². The van der Waals surface area contributed by atoms with Crippen LogP contribution < -0.4 is 10.6 Å². The fraction of sp³-hybridized carbons (Fsp3) is 0.393. The average molecular weight is 490 g/mol. The normalized spacial score (nSPS) is 18.9. The summed E-state index contributed by atoms with van der Waals surface area (Å²) >= 11 is 6.54. The van der Waals surface area contributed by atoms with Crippen LogP contribution in [-0.2, 0) is 4.79 Å². The zero-order valence-corrected chi connectivity index (χ0v) is 20.9. The number of piperidine rings is 2. The largest absolute Gasteiger partial charge is 0.350 e. The van der Waals surface area contributed by atoms with E-state index in [1.165, 1.54) is 5.56 Å². The van der Waals surface area contributed by atoms with E-state index < -0.39 is 0 Å². The second-order valence-corrected chi connectivity index (χ2v) is 10.0. The summed E-state index contributed by atoms with van der Waals surface area (Å²) in [4.78, 5) is 24.3. The van der Waals surface area contributed by atoms with Gasteiger partial charge in [0.25, 0.3) is 0 Å². The number of aryl methyl sites for hydroxylation is 1. The minimum Gasteiger partial charge on any atom is -0.350 e. The van der Waals surface area contributed by atoms with E-state index in [2.05, 4.69) is 58.9 Å². The predicted molar refractivity (Wildman–Crippen MR) is 141 cm³/mol. The molecule has 6 nitrogen and oxygen atoms in total. The van der Waals surface area contributed by atoms with Crippen LogP contribution in [0.3, 0.4) is 0 Å². The van der Waals surface area contributed by atoms with Crippen LogP contribution in [0.5, 0.6) is 0 Å². The zero-order valence-electron chi connectivity index (χ0n) is 20.1. The second kappa shape index (κ2) is 10.8. The van der Waals surface area contributed by atoms with Gasteiger partial charge in [-0.3, -0.25) is 4.79 Å². The van der Waals surface area contributed by atoms with Crippen molar-refractivity contribution in [3.8, 4) is 22.4 Å². The first-order chi connectivity index (χ1) is 17.1. The van der Waals surface area contributed by atoms with Gasteiger partial charge in [-0.2, -0.15) is 0 Å². The lowest BCUT2D eigenvalue weighted by atomic mass is 9.95. The molecule has 35 heavy (non-hydrogen) atoms. The minimum absolute atomic E-state index is 0.127. The highest BCUT2D eigenvalue weighted by Crippen LogP contribution is 2.31. The molecular weight excluding hydrogens is 458 g/mol. The summed E-state index contributed by atoms with van der Waals surface area (Å²) in [5.41, 5.74) is 5.16. The summed E-state index contributed by atoms with van der Waals surface area (Å²) in [6.07, 6.45) is 5.48. The van der Waals surface area contributed by atoms with E-state index in [9.17, 15) is 4.79 Å². The topological polar surface area (TPSA) is 70.2 Å². The molecule has 2 aliphatic rings. The fourth-order valence-corrected chi connectivity index (χ4v) is 5.31. The summed E-state index contributed by atoms with van der Waals surface area (Å²) in [7, 11) is 0. The molecule has 2 saturated heterocycles. The number of benzene rings is 2. The van der Waals surface area contributed by atoms with Crippen molar-refractivity contribution >= 4 is 23.5 Å². The Balaban J connectivity index is 1.32. The Morgan fingerprint density at radius 2 is 1.80 bits per heavy atom. The van der Waals surface area contributed by atoms with Gasteiger partial charge in [0.15, 0.2) is 0 Å². The Bertz CT molecular complexity index is 1190. The number of likely N-dealkylation sites (tertiary alicyclic amines) is 1. The van der Waals surface area contributed by atoms with Crippen molar-refractivity contribution < 1.29 is 4.79 Å². The molecular formula is C28H32ClN5O. The van der Waals surface area contributed by atoms with Gasteiger partial charge in [0.05, 0.1) is 16.9 Å². The molecule has 3 aromatic rings. The number of halogens is 1. The minimum atomic E-state index is 0.127. The highest BCUT2D eigenvalue weighted by molar-refractivity contribution is 6.32. The molecule has 0 bridgehead atoms. The quantitative estimate of drug-likeness (QED) is 0.517. The van der Waals surface area contributed by atoms with E-state index in [4.69, 9.17) is 16.6 Å². The van der Waals surface area contributed by atoms with Crippen molar-refractivity contribution in [2.24, 2.45) is 5.92 Å². The van der Waals surface area contributed by atoms with E-state index in [1.54, 1.807) is 6.20 Å². The summed E-state index contributed by atoms with van der Waals surface area (Å²) in [5.74, 6) is 0.990. The van der Waals surface area contributed by atoms with Crippen LogP contribution in [0.4, 0.5) is 5.95 Å². The number of nitrogens with zero attached hydrogens (tertiary/aromatic N) is 3. The molecule has 0 aliphatic carbocycles. The smallest absolute Gasteiger partial charge is 0.225 e. The van der Waals surface area contributed by atoms with Gasteiger partial charge in [-0.05, 0) is 62.9 Å². The lowest BCUT2D eigenvalue weighted by molar-refractivity contribution is -0.137. The number of nitrogens with one attached hydrogen (secondary N) is 2. The van der Waals surface area contributed by atoms with E-state index in [-0.39, 0.29) is 12.0 Å². The summed E-state index contributed by atoms with van der Waals surface area (Å²) in [5, 5.41) is 7.33. The molecule has 0 spiro atoms. The molecule has 1 amide bonds. The van der Waals surface area contributed by atoms with Crippen LogP contribution in [-0.4, -0.2) is 53.0 Å². The summed E-state index contributed by atoms with van der Waals surface area (Å²) in [6.45, 7) is 5.47. The molecule has 1 atom stereocenters. The van der Waals surface area contributed by atoms with Gasteiger partial charge < -0.3 is 15.5 Å². The average Bonchev–Trinajstić information content (AvgIpc) is 2.90. The molecule has 2 N–H and O–H groups in total. The second-order valence-electron chi connectivity index (χ2n) is 9.63. The lowest BCUT2D eigenvalue weighted by Gasteiger charge is -2.36. The third-order valence-corrected chi connectivity index (χ3v) is 7.26. The van der Waals surface area contributed by atoms with Crippen molar-refractivity contribution in [1.29, 1.82) is 0 Å². The van der Waals surface area contributed by atoms with Crippen molar-refractivity contribution in [3.05, 3.63) is 65.3 Å². The number of hydrogen-bond acceptors (Lipinski definition) is 5. The van der Waals surface area contributed by atoms with Gasteiger partial charge in [-0.1, -0.05) is 59.6 Å². The Labute approximate surface area is 212 Å². The van der Waals surface area contributed by atoms with E-state index in [1.807, 2.05) is 17.0 Å². The number of rotatable bonds is 5. The number of carbonyl (C=O) groups excluding carboxylic acids is 1. The van der Waals surface area contributed by atoms with Crippen LogP contribution in [0.15, 0.2) is 54.7 Å². The highest BCUT2D eigenvalue weighted by atomic mass is 35.5. The molecule has 0 unspecified atom stereocenters. The maximum atomic E-state index is 13.0. The first-order valence-electron chi connectivity index (χ1n) is 12.5. The zero-order chi connectivity index (χ0) is 24.2. The standard InChI is InChI=1S/C28H32ClN5O/c1-19-5-2-6-21(15-19)22-7-3-8-23(16-22)26-25(29)17-31-28(33-26)32-24-9-4-14-34(18-24)27(35)20-10-12-30-13-11-20/h2-3,5-8,15-17,20,24,30H,4,9-14,18H2,1H3,(H,31,32,33)/t24-/m0/s1. The van der Waals surface area contributed by atoms with Crippen molar-refractivity contribution in [1.82, 2.24) is 20.2 Å². The third kappa shape index (κ3) is 5.65. The van der Waals surface area contributed by atoms with Gasteiger partial charge in [0.1, 0.15) is 0 Å². The number of amides is 1. The maximum absolute atomic E-state index is 13.0. The van der Waals surface area contributed by atoms with Gasteiger partial charge in [0, 0.05) is 30.6 Å². The number of aromatic nitrogens is 2. The third-order valence-electron chi connectivity index (χ3n) is 6.99. The molecule has 0 radical (unpaired) electrons. The number of hydrogen-bond donors (Lipinski definition) is 2. The first-order valence-corrected chi connectivity index (χ1v) is 12.9. The van der Waals surface area contributed by atoms with Crippen LogP contribution in [0.25, 0.3) is 22.4 Å². The van der Waals surface area contributed by atoms with Gasteiger partial charge in [-0.15, -0.1) is 0 Å². The van der Waals surface area contributed by atoms with Crippen LogP contribution in [0.1, 0.15) is 31.2 Å². The Kier molecular flexibility index (Phi) is 7.30. The molecule has 7 heteroatoms. The molecule has 0 saturated carbocycles. The van der Waals surface area contributed by atoms with E-state index >= 15 is 0 Å². The number of anilines is 1. The predicted octanol–water partition coefficient (Wildman–Crippen LogP) is 5.17. The van der Waals surface area contributed by atoms with E-state index in [0.29, 0.717) is 29.1 Å². The molecule has 2 aromatic carbocycles. The molecule has 2 aliphatic heterocycles. The SMILES string of the molecule is Cc1cccc(-c2cccc(-c3nc(N[C@H]4CCCN(C(=O)C5CCNCC5)C4)ncc3Cl)c2)c1. The van der Waals surface area contributed by atoms with Gasteiger partial charge in [-0.25, -0.2) is 9.97 Å². The Morgan fingerprint density at radius 1 is 1.06 bits per heavy atom. The molecule has 182 valence electrons. The lowest BCUT2D eigenvalue weighted by Crippen LogP contribution is -2.48. The van der Waals surface area contributed by atoms with Crippen molar-refractivity contribution in [2.45, 2.75) is 38.6 Å². The summed E-state index contributed by atoms with van der Waals surface area (Å²) < 4.78 is 0. The molecule has 2 fully saturated rings. The summed E-state index contributed by atoms with van der Waals surface area (Å²) in [6, 6.07) is 16.9. The van der Waals surface area contributed by atoms with Crippen LogP contribution in [0.2, 0.25) is 5.02 Å². The van der Waals surface area contributed by atoms with Crippen LogP contribution in [0, 0.1) is 12.8 Å². The molecule has 5 rings (SSSR count). The fourth-order valence-electron chi connectivity index (χ4n) is 5.11.